The summed E-state index contributed by atoms with van der Waals surface area (Å²) in [5.41, 5.74) is 7.69. The molecular formula is C70H56O4. The molecule has 2 unspecified atom stereocenters. The molecule has 2 aliphatic carbocycles. The molecule has 12 aromatic rings. The summed E-state index contributed by atoms with van der Waals surface area (Å²) in [6.07, 6.45) is 0.398. The zero-order valence-corrected chi connectivity index (χ0v) is 42.7. The van der Waals surface area contributed by atoms with E-state index in [4.69, 9.17) is 9.47 Å². The van der Waals surface area contributed by atoms with Gasteiger partial charge in [-0.2, -0.15) is 0 Å². The van der Waals surface area contributed by atoms with Crippen LogP contribution in [-0.2, 0) is 31.9 Å². The van der Waals surface area contributed by atoms with Crippen LogP contribution < -0.4 is 0 Å². The zero-order valence-electron chi connectivity index (χ0n) is 42.7. The van der Waals surface area contributed by atoms with Crippen LogP contribution in [0.15, 0.2) is 194 Å². The molecule has 14 rings (SSSR count). The SMILES string of the molecule is CC(C)(C)C(=O)OC1Cc2cc3c(cc2-c2ccc4ccccc4c21)CC(OC(=O)C(C)(C)C)c1c-3ccc2ccccc12.c1ccc2c(c1)ccc1c3cc4ccc5c6ccccc6ccc5c4cc3ccc21. The topological polar surface area (TPSA) is 52.6 Å². The van der Waals surface area contributed by atoms with Crippen LogP contribution in [0.25, 0.3) is 108 Å². The second-order valence-electron chi connectivity index (χ2n) is 22.5. The molecule has 0 amide bonds. The second kappa shape index (κ2) is 17.1. The summed E-state index contributed by atoms with van der Waals surface area (Å²) in [6.45, 7) is 11.4. The molecule has 0 bridgehead atoms. The molecular weight excluding hydrogens is 905 g/mol. The van der Waals surface area contributed by atoms with Crippen LogP contribution in [0.1, 0.15) is 76.0 Å². The van der Waals surface area contributed by atoms with Gasteiger partial charge in [-0.15, -0.1) is 0 Å². The van der Waals surface area contributed by atoms with Crippen LogP contribution in [0.5, 0.6) is 0 Å². The minimum absolute atomic E-state index is 0.205. The summed E-state index contributed by atoms with van der Waals surface area (Å²) >= 11 is 0. The largest absolute Gasteiger partial charge is 0.457 e. The molecule has 4 heteroatoms. The number of esters is 2. The van der Waals surface area contributed by atoms with E-state index < -0.39 is 23.0 Å². The summed E-state index contributed by atoms with van der Waals surface area (Å²) in [5.74, 6) is -0.411. The Bertz CT molecular complexity index is 4060. The molecule has 0 radical (unpaired) electrons. The highest BCUT2D eigenvalue weighted by atomic mass is 16.5. The van der Waals surface area contributed by atoms with E-state index in [1.165, 1.54) is 64.6 Å². The monoisotopic (exact) mass is 960 g/mol. The van der Waals surface area contributed by atoms with Gasteiger partial charge in [0, 0.05) is 24.0 Å². The van der Waals surface area contributed by atoms with Crippen LogP contribution >= 0.6 is 0 Å². The summed E-state index contributed by atoms with van der Waals surface area (Å²) in [5, 5.41) is 20.2. The molecule has 0 spiro atoms. The van der Waals surface area contributed by atoms with Gasteiger partial charge >= 0.3 is 11.9 Å². The van der Waals surface area contributed by atoms with E-state index in [1.54, 1.807) is 0 Å². The van der Waals surface area contributed by atoms with Crippen molar-refractivity contribution in [2.45, 2.75) is 66.6 Å². The van der Waals surface area contributed by atoms with E-state index in [0.29, 0.717) is 12.8 Å². The van der Waals surface area contributed by atoms with Crippen LogP contribution in [0.3, 0.4) is 0 Å². The lowest BCUT2D eigenvalue weighted by molar-refractivity contribution is -0.159. The maximum absolute atomic E-state index is 13.2. The van der Waals surface area contributed by atoms with E-state index >= 15 is 0 Å². The molecule has 0 fully saturated rings. The normalized spacial score (nSPS) is 15.2. The Balaban J connectivity index is 0.000000153. The molecule has 74 heavy (non-hydrogen) atoms. The minimum atomic E-state index is -0.611. The van der Waals surface area contributed by atoms with Gasteiger partial charge in [0.2, 0.25) is 0 Å². The van der Waals surface area contributed by atoms with Gasteiger partial charge in [0.15, 0.2) is 0 Å². The molecule has 360 valence electrons. The van der Waals surface area contributed by atoms with Crippen molar-refractivity contribution in [3.05, 3.63) is 216 Å². The van der Waals surface area contributed by atoms with Crippen molar-refractivity contribution in [1.82, 2.24) is 0 Å². The van der Waals surface area contributed by atoms with Gasteiger partial charge in [-0.1, -0.05) is 182 Å². The van der Waals surface area contributed by atoms with E-state index in [0.717, 1.165) is 66.1 Å². The van der Waals surface area contributed by atoms with E-state index in [-0.39, 0.29) is 11.9 Å². The third-order valence-electron chi connectivity index (χ3n) is 15.6. The van der Waals surface area contributed by atoms with E-state index in [1.807, 2.05) is 65.8 Å². The van der Waals surface area contributed by atoms with Crippen molar-refractivity contribution in [3.8, 4) is 22.3 Å². The van der Waals surface area contributed by atoms with Gasteiger partial charge < -0.3 is 9.47 Å². The average Bonchev–Trinajstić information content (AvgIpc) is 3.41. The predicted molar refractivity (Wildman–Crippen MR) is 308 cm³/mol. The van der Waals surface area contributed by atoms with Crippen LogP contribution in [0.4, 0.5) is 0 Å². The third-order valence-corrected chi connectivity index (χ3v) is 15.6. The summed E-state index contributed by atoms with van der Waals surface area (Å²) < 4.78 is 12.6. The third kappa shape index (κ3) is 7.57. The average molecular weight is 961 g/mol. The first-order chi connectivity index (χ1) is 35.8. The summed E-state index contributed by atoms with van der Waals surface area (Å²) in [7, 11) is 0. The maximum atomic E-state index is 13.2. The van der Waals surface area contributed by atoms with Gasteiger partial charge in [0.25, 0.3) is 0 Å². The van der Waals surface area contributed by atoms with Gasteiger partial charge in [-0.25, -0.2) is 0 Å². The Labute approximate surface area is 431 Å². The van der Waals surface area contributed by atoms with Gasteiger partial charge in [-0.3, -0.25) is 9.59 Å². The van der Waals surface area contributed by atoms with Crippen molar-refractivity contribution < 1.29 is 19.1 Å². The molecule has 0 aromatic heterocycles. The first kappa shape index (κ1) is 45.5. The van der Waals surface area contributed by atoms with Crippen LogP contribution in [-0.4, -0.2) is 11.9 Å². The highest BCUT2D eigenvalue weighted by molar-refractivity contribution is 6.23. The predicted octanol–water partition coefficient (Wildman–Crippen LogP) is 18.3. The van der Waals surface area contributed by atoms with Crippen molar-refractivity contribution in [2.24, 2.45) is 10.8 Å². The second-order valence-corrected chi connectivity index (χ2v) is 22.5. The smallest absolute Gasteiger partial charge is 0.311 e. The number of rotatable bonds is 2. The highest BCUT2D eigenvalue weighted by Crippen LogP contribution is 2.51. The first-order valence-electron chi connectivity index (χ1n) is 26.0. The number of carbonyl (C=O) groups is 2. The lowest BCUT2D eigenvalue weighted by Gasteiger charge is -2.34. The van der Waals surface area contributed by atoms with Gasteiger partial charge in [-0.05, 0) is 173 Å². The lowest BCUT2D eigenvalue weighted by atomic mass is 9.75. The Morgan fingerprint density at radius 1 is 0.324 bits per heavy atom. The number of ether oxygens (including phenoxy) is 2. The molecule has 0 saturated carbocycles. The molecule has 0 heterocycles. The van der Waals surface area contributed by atoms with Crippen molar-refractivity contribution in [1.29, 1.82) is 0 Å². The summed E-state index contributed by atoms with van der Waals surface area (Å²) in [4.78, 5) is 26.5. The number of benzene rings is 12. The molecule has 4 nitrogen and oxygen atoms in total. The molecule has 12 aromatic carbocycles. The number of fused-ring (bicyclic) bond motifs is 20. The van der Waals surface area contributed by atoms with Crippen molar-refractivity contribution >= 4 is 98.1 Å². The molecule has 2 aliphatic rings. The highest BCUT2D eigenvalue weighted by Gasteiger charge is 2.37. The molecule has 0 N–H and O–H groups in total. The van der Waals surface area contributed by atoms with E-state index in [9.17, 15) is 9.59 Å². The number of carbonyl (C=O) groups excluding carboxylic acids is 2. The fourth-order valence-corrected chi connectivity index (χ4v) is 11.8. The Kier molecular flexibility index (Phi) is 10.5. The van der Waals surface area contributed by atoms with Crippen molar-refractivity contribution in [2.75, 3.05) is 0 Å². The van der Waals surface area contributed by atoms with Crippen LogP contribution in [0.2, 0.25) is 0 Å². The maximum Gasteiger partial charge on any atom is 0.311 e. The van der Waals surface area contributed by atoms with Crippen LogP contribution in [0, 0.1) is 10.8 Å². The quantitative estimate of drug-likeness (QED) is 0.0984. The first-order valence-corrected chi connectivity index (χ1v) is 26.0. The van der Waals surface area contributed by atoms with Crippen molar-refractivity contribution in [3.63, 3.8) is 0 Å². The standard InChI is InChI=1S/C40H38O4.C30H18/c1-39(2,3)37(41)43-33-21-25-19-32-26(20-31(25)29-17-15-23-11-7-9-13-27(23)35(29)33)22-34(44-38(42)40(4,5)6)36-28-14-10-8-12-24(28)16-18-30(32)36;1-3-7-23-19(5-1)9-13-27-25(23)15-11-21-18-30-22(17-29(21)27)12-16-26-24-8-4-2-6-20(24)10-14-28(26)30/h7-20,33-34H,21-22H2,1-6H3;1-18H. The Morgan fingerprint density at radius 3 is 1.01 bits per heavy atom. The zero-order chi connectivity index (χ0) is 50.6. The molecule has 2 atom stereocenters. The lowest BCUT2D eigenvalue weighted by Crippen LogP contribution is -2.28. The van der Waals surface area contributed by atoms with Gasteiger partial charge in [0.05, 0.1) is 10.8 Å². The van der Waals surface area contributed by atoms with Gasteiger partial charge in [0.1, 0.15) is 12.2 Å². The number of hydrogen-bond donors (Lipinski definition) is 0. The minimum Gasteiger partial charge on any atom is -0.457 e. The molecule has 0 aliphatic heterocycles. The number of hydrogen-bond acceptors (Lipinski definition) is 4. The Hall–Kier alpha value is -8.34. The fourth-order valence-electron chi connectivity index (χ4n) is 11.8. The van der Waals surface area contributed by atoms with E-state index in [2.05, 4.69) is 170 Å². The summed E-state index contributed by atoms with van der Waals surface area (Å²) in [6, 6.07) is 70.1. The molecule has 0 saturated heterocycles. The Morgan fingerprint density at radius 2 is 0.635 bits per heavy atom. The fraction of sp³-hybridized carbons (Fsp3) is 0.171.